The van der Waals surface area contributed by atoms with Crippen molar-refractivity contribution in [2.45, 2.75) is 32.2 Å². The van der Waals surface area contributed by atoms with Gasteiger partial charge in [0.2, 0.25) is 0 Å². The van der Waals surface area contributed by atoms with Crippen LogP contribution in [0.15, 0.2) is 36.5 Å². The first kappa shape index (κ1) is 12.8. The highest BCUT2D eigenvalue weighted by Gasteiger charge is 2.13. The average Bonchev–Trinajstić information content (AvgIpc) is 2.90. The van der Waals surface area contributed by atoms with Crippen molar-refractivity contribution in [3.8, 4) is 5.69 Å². The lowest BCUT2D eigenvalue weighted by molar-refractivity contribution is 0.507. The predicted molar refractivity (Wildman–Crippen MR) is 72.7 cm³/mol. The molecule has 1 N–H and O–H groups in total. The molecule has 4 heteroatoms. The van der Waals surface area contributed by atoms with E-state index >= 15 is 0 Å². The van der Waals surface area contributed by atoms with Gasteiger partial charge in [0.15, 0.2) is 0 Å². The van der Waals surface area contributed by atoms with Gasteiger partial charge in [-0.2, -0.15) is 15.0 Å². The highest BCUT2D eigenvalue weighted by Crippen LogP contribution is 2.17. The Kier molecular flexibility index (Phi) is 4.47. The van der Waals surface area contributed by atoms with Gasteiger partial charge in [-0.15, -0.1) is 0 Å². The van der Waals surface area contributed by atoms with E-state index < -0.39 is 0 Å². The summed E-state index contributed by atoms with van der Waals surface area (Å²) in [7, 11) is 1.97. The van der Waals surface area contributed by atoms with Gasteiger partial charge in [0.1, 0.15) is 5.69 Å². The summed E-state index contributed by atoms with van der Waals surface area (Å²) in [4.78, 5) is 1.69. The maximum atomic E-state index is 4.55. The average molecular weight is 244 g/mol. The summed E-state index contributed by atoms with van der Waals surface area (Å²) in [5, 5.41) is 12.2. The molecule has 0 amide bonds. The zero-order chi connectivity index (χ0) is 12.8. The Bertz CT molecular complexity index is 464. The molecule has 1 atom stereocenters. The van der Waals surface area contributed by atoms with Crippen molar-refractivity contribution in [1.82, 2.24) is 20.3 Å². The second-order valence-corrected chi connectivity index (χ2v) is 4.38. The number of nitrogens with zero attached hydrogens (tertiary/aromatic N) is 3. The van der Waals surface area contributed by atoms with Crippen molar-refractivity contribution in [2.24, 2.45) is 0 Å². The molecule has 1 heterocycles. The van der Waals surface area contributed by atoms with Gasteiger partial charge < -0.3 is 5.32 Å². The van der Waals surface area contributed by atoms with Gasteiger partial charge in [0.05, 0.1) is 17.9 Å². The van der Waals surface area contributed by atoms with Crippen molar-refractivity contribution in [1.29, 1.82) is 0 Å². The summed E-state index contributed by atoms with van der Waals surface area (Å²) >= 11 is 0. The zero-order valence-electron chi connectivity index (χ0n) is 11.0. The third-order valence-electron chi connectivity index (χ3n) is 3.05. The smallest absolute Gasteiger partial charge is 0.100 e. The van der Waals surface area contributed by atoms with Crippen LogP contribution in [0.25, 0.3) is 5.69 Å². The van der Waals surface area contributed by atoms with E-state index in [1.807, 2.05) is 43.6 Å². The summed E-state index contributed by atoms with van der Waals surface area (Å²) in [6.45, 7) is 2.20. The SMILES string of the molecule is CCCCC(NC)c1cnn(-c2ccccc2)n1. The number of rotatable bonds is 6. The summed E-state index contributed by atoms with van der Waals surface area (Å²) in [5.41, 5.74) is 2.00. The molecule has 0 bridgehead atoms. The molecule has 1 unspecified atom stereocenters. The number of aromatic nitrogens is 3. The van der Waals surface area contributed by atoms with Crippen LogP contribution < -0.4 is 5.32 Å². The van der Waals surface area contributed by atoms with E-state index in [0.29, 0.717) is 6.04 Å². The number of hydrogen-bond acceptors (Lipinski definition) is 3. The number of hydrogen-bond donors (Lipinski definition) is 1. The van der Waals surface area contributed by atoms with Gasteiger partial charge in [-0.3, -0.25) is 0 Å². The molecule has 0 spiro atoms. The van der Waals surface area contributed by atoms with Crippen LogP contribution in [0.1, 0.15) is 37.9 Å². The van der Waals surface area contributed by atoms with Crippen molar-refractivity contribution in [3.63, 3.8) is 0 Å². The van der Waals surface area contributed by atoms with Crippen molar-refractivity contribution < 1.29 is 0 Å². The third kappa shape index (κ3) is 2.96. The molecule has 0 aliphatic rings. The van der Waals surface area contributed by atoms with Crippen LogP contribution in [0.5, 0.6) is 0 Å². The molecule has 4 nitrogen and oxygen atoms in total. The van der Waals surface area contributed by atoms with Crippen LogP contribution in [0.4, 0.5) is 0 Å². The molecule has 1 aromatic carbocycles. The number of unbranched alkanes of at least 4 members (excludes halogenated alkanes) is 1. The highest BCUT2D eigenvalue weighted by atomic mass is 15.5. The normalized spacial score (nSPS) is 12.6. The molecular formula is C14H20N4. The Morgan fingerprint density at radius 2 is 2.06 bits per heavy atom. The molecule has 2 rings (SSSR count). The maximum absolute atomic E-state index is 4.55. The van der Waals surface area contributed by atoms with E-state index in [-0.39, 0.29) is 0 Å². The fourth-order valence-electron chi connectivity index (χ4n) is 1.97. The summed E-state index contributed by atoms with van der Waals surface area (Å²) in [6, 6.07) is 10.3. The molecular weight excluding hydrogens is 224 g/mol. The molecule has 0 saturated carbocycles. The van der Waals surface area contributed by atoms with Crippen LogP contribution in [-0.4, -0.2) is 22.0 Å². The Morgan fingerprint density at radius 3 is 2.72 bits per heavy atom. The third-order valence-corrected chi connectivity index (χ3v) is 3.05. The van der Waals surface area contributed by atoms with Gasteiger partial charge in [-0.1, -0.05) is 38.0 Å². The van der Waals surface area contributed by atoms with Gasteiger partial charge >= 0.3 is 0 Å². The quantitative estimate of drug-likeness (QED) is 0.849. The van der Waals surface area contributed by atoms with Crippen molar-refractivity contribution >= 4 is 0 Å². The minimum Gasteiger partial charge on any atom is -0.312 e. The minimum absolute atomic E-state index is 0.294. The van der Waals surface area contributed by atoms with E-state index in [1.54, 1.807) is 4.80 Å². The minimum atomic E-state index is 0.294. The van der Waals surface area contributed by atoms with Gasteiger partial charge in [-0.25, -0.2) is 0 Å². The summed E-state index contributed by atoms with van der Waals surface area (Å²) in [6.07, 6.45) is 5.35. The van der Waals surface area contributed by atoms with E-state index in [0.717, 1.165) is 17.8 Å². The number of nitrogens with one attached hydrogen (secondary N) is 1. The van der Waals surface area contributed by atoms with Gasteiger partial charge in [0, 0.05) is 0 Å². The Morgan fingerprint density at radius 1 is 1.28 bits per heavy atom. The summed E-state index contributed by atoms with van der Waals surface area (Å²) < 4.78 is 0. The fourth-order valence-corrected chi connectivity index (χ4v) is 1.97. The van der Waals surface area contributed by atoms with Crippen LogP contribution >= 0.6 is 0 Å². The Labute approximate surface area is 108 Å². The maximum Gasteiger partial charge on any atom is 0.100 e. The van der Waals surface area contributed by atoms with Crippen LogP contribution in [0, 0.1) is 0 Å². The van der Waals surface area contributed by atoms with Crippen LogP contribution in [0.3, 0.4) is 0 Å². The van der Waals surface area contributed by atoms with E-state index in [2.05, 4.69) is 22.4 Å². The first-order chi connectivity index (χ1) is 8.85. The lowest BCUT2D eigenvalue weighted by Crippen LogP contribution is -2.17. The lowest BCUT2D eigenvalue weighted by atomic mass is 10.1. The molecule has 0 fully saturated rings. The monoisotopic (exact) mass is 244 g/mol. The lowest BCUT2D eigenvalue weighted by Gasteiger charge is -2.11. The number of para-hydroxylation sites is 1. The molecule has 0 saturated heterocycles. The summed E-state index contributed by atoms with van der Waals surface area (Å²) in [5.74, 6) is 0. The van der Waals surface area contributed by atoms with E-state index in [1.165, 1.54) is 12.8 Å². The molecule has 96 valence electrons. The molecule has 0 aliphatic heterocycles. The van der Waals surface area contributed by atoms with Crippen LogP contribution in [0.2, 0.25) is 0 Å². The Hall–Kier alpha value is -1.68. The molecule has 0 aliphatic carbocycles. The predicted octanol–water partition coefficient (Wildman–Crippen LogP) is 2.72. The van der Waals surface area contributed by atoms with E-state index in [9.17, 15) is 0 Å². The topological polar surface area (TPSA) is 42.7 Å². The van der Waals surface area contributed by atoms with Crippen molar-refractivity contribution in [2.75, 3.05) is 7.05 Å². The largest absolute Gasteiger partial charge is 0.312 e. The second kappa shape index (κ2) is 6.31. The molecule has 0 radical (unpaired) electrons. The van der Waals surface area contributed by atoms with Gasteiger partial charge in [-0.05, 0) is 25.6 Å². The second-order valence-electron chi connectivity index (χ2n) is 4.38. The Balaban J connectivity index is 2.14. The van der Waals surface area contributed by atoms with Crippen molar-refractivity contribution in [3.05, 3.63) is 42.2 Å². The first-order valence-corrected chi connectivity index (χ1v) is 6.50. The fraction of sp³-hybridized carbons (Fsp3) is 0.429. The van der Waals surface area contributed by atoms with Gasteiger partial charge in [0.25, 0.3) is 0 Å². The molecule has 2 aromatic rings. The van der Waals surface area contributed by atoms with Crippen LogP contribution in [-0.2, 0) is 0 Å². The number of benzene rings is 1. The van der Waals surface area contributed by atoms with E-state index in [4.69, 9.17) is 0 Å². The molecule has 1 aromatic heterocycles. The zero-order valence-corrected chi connectivity index (χ0v) is 11.0. The first-order valence-electron chi connectivity index (χ1n) is 6.50. The standard InChI is InChI=1S/C14H20N4/c1-3-4-10-13(15-2)14-11-16-18(17-14)12-8-6-5-7-9-12/h5-9,11,13,15H,3-4,10H2,1-2H3. The molecule has 18 heavy (non-hydrogen) atoms. The highest BCUT2D eigenvalue weighted by molar-refractivity contribution is 5.28.